The van der Waals surface area contributed by atoms with Crippen LogP contribution in [0.1, 0.15) is 192 Å². The highest BCUT2D eigenvalue weighted by atomic mass is 16.7. The SMILES string of the molecule is CCCCC#CCCOC(CCC(=O)OCc1cc(CO)cc(COC(=O)CCCCCCOC(=O)C(CCCC)CCCCCC)c1)OCCC#CCCCC. The molecule has 1 aromatic rings. The second-order valence-electron chi connectivity index (χ2n) is 14.8. The Morgan fingerprint density at radius 1 is 0.526 bits per heavy atom. The summed E-state index contributed by atoms with van der Waals surface area (Å²) in [5, 5.41) is 9.83. The molecule has 0 heterocycles. The number of aliphatic hydroxyl groups is 1. The molecule has 0 spiro atoms. The van der Waals surface area contributed by atoms with Gasteiger partial charge < -0.3 is 28.8 Å². The van der Waals surface area contributed by atoms with Crippen LogP contribution in [0.3, 0.4) is 0 Å². The van der Waals surface area contributed by atoms with Gasteiger partial charge in [0.15, 0.2) is 6.29 Å². The summed E-state index contributed by atoms with van der Waals surface area (Å²) in [6.45, 7) is 9.77. The molecule has 9 nitrogen and oxygen atoms in total. The first-order chi connectivity index (χ1) is 27.9. The molecular formula is C48H76O9. The van der Waals surface area contributed by atoms with E-state index < -0.39 is 6.29 Å². The van der Waals surface area contributed by atoms with Crippen LogP contribution in [-0.2, 0) is 57.9 Å². The summed E-state index contributed by atoms with van der Waals surface area (Å²) in [5.74, 6) is 11.9. The van der Waals surface area contributed by atoms with Crippen LogP contribution < -0.4 is 0 Å². The molecule has 0 aliphatic rings. The minimum atomic E-state index is -0.561. The molecule has 0 aliphatic carbocycles. The minimum absolute atomic E-state index is 0.0109. The highest BCUT2D eigenvalue weighted by Gasteiger charge is 2.19. The van der Waals surface area contributed by atoms with E-state index in [4.69, 9.17) is 23.7 Å². The van der Waals surface area contributed by atoms with Gasteiger partial charge in [-0.1, -0.05) is 104 Å². The fraction of sp³-hybridized carbons (Fsp3) is 0.729. The van der Waals surface area contributed by atoms with Crippen LogP contribution in [0, 0.1) is 29.6 Å². The molecule has 0 saturated carbocycles. The molecule has 0 aromatic heterocycles. The predicted molar refractivity (Wildman–Crippen MR) is 227 cm³/mol. The molecule has 0 fully saturated rings. The second-order valence-corrected chi connectivity index (χ2v) is 14.8. The van der Waals surface area contributed by atoms with Crippen LogP contribution >= 0.6 is 0 Å². The normalized spacial score (nSPS) is 11.3. The Hall–Kier alpha value is -3.37. The van der Waals surface area contributed by atoms with Gasteiger partial charge in [-0.25, -0.2) is 0 Å². The highest BCUT2D eigenvalue weighted by molar-refractivity contribution is 5.72. The van der Waals surface area contributed by atoms with E-state index in [0.29, 0.717) is 68.6 Å². The number of ether oxygens (including phenoxy) is 5. The number of benzene rings is 1. The summed E-state index contributed by atoms with van der Waals surface area (Å²) in [6, 6.07) is 5.36. The van der Waals surface area contributed by atoms with Gasteiger partial charge in [0, 0.05) is 38.5 Å². The van der Waals surface area contributed by atoms with Crippen molar-refractivity contribution in [2.45, 2.75) is 201 Å². The fourth-order valence-corrected chi connectivity index (χ4v) is 6.05. The molecule has 0 saturated heterocycles. The van der Waals surface area contributed by atoms with Crippen molar-refractivity contribution in [2.75, 3.05) is 19.8 Å². The summed E-state index contributed by atoms with van der Waals surface area (Å²) < 4.78 is 28.5. The number of esters is 3. The third-order valence-electron chi connectivity index (χ3n) is 9.47. The Balaban J connectivity index is 2.47. The van der Waals surface area contributed by atoms with E-state index in [2.05, 4.69) is 51.4 Å². The molecule has 0 radical (unpaired) electrons. The predicted octanol–water partition coefficient (Wildman–Crippen LogP) is 10.8. The van der Waals surface area contributed by atoms with Gasteiger partial charge in [-0.2, -0.15) is 0 Å². The van der Waals surface area contributed by atoms with Crippen molar-refractivity contribution < 1.29 is 43.2 Å². The number of rotatable bonds is 34. The Bertz CT molecular complexity index is 1290. The van der Waals surface area contributed by atoms with Crippen LogP contribution in [0.4, 0.5) is 0 Å². The molecule has 0 amide bonds. The molecule has 1 N–H and O–H groups in total. The Morgan fingerprint density at radius 2 is 1.04 bits per heavy atom. The van der Waals surface area contributed by atoms with Gasteiger partial charge in [0.25, 0.3) is 0 Å². The maximum absolute atomic E-state index is 12.7. The summed E-state index contributed by atoms with van der Waals surface area (Å²) in [4.78, 5) is 37.9. The molecule has 1 unspecified atom stereocenters. The number of carbonyl (C=O) groups excluding carboxylic acids is 3. The number of hydrogen-bond donors (Lipinski definition) is 1. The largest absolute Gasteiger partial charge is 0.465 e. The number of hydrogen-bond acceptors (Lipinski definition) is 9. The summed E-state index contributed by atoms with van der Waals surface area (Å²) in [7, 11) is 0. The maximum Gasteiger partial charge on any atom is 0.308 e. The quantitative estimate of drug-likeness (QED) is 0.0239. The van der Waals surface area contributed by atoms with Gasteiger partial charge in [-0.3, -0.25) is 14.4 Å². The van der Waals surface area contributed by atoms with E-state index in [1.54, 1.807) is 12.1 Å². The molecule has 1 aromatic carbocycles. The first-order valence-corrected chi connectivity index (χ1v) is 22.2. The Morgan fingerprint density at radius 3 is 1.61 bits per heavy atom. The minimum Gasteiger partial charge on any atom is -0.465 e. The molecule has 57 heavy (non-hydrogen) atoms. The lowest BCUT2D eigenvalue weighted by molar-refractivity contribution is -0.158. The van der Waals surface area contributed by atoms with Crippen molar-refractivity contribution in [3.05, 3.63) is 34.9 Å². The van der Waals surface area contributed by atoms with Gasteiger partial charge in [-0.15, -0.1) is 23.7 Å². The first kappa shape index (κ1) is 51.6. The van der Waals surface area contributed by atoms with E-state index in [-0.39, 0.29) is 50.1 Å². The molecular weight excluding hydrogens is 721 g/mol. The van der Waals surface area contributed by atoms with E-state index in [1.165, 1.54) is 19.3 Å². The van der Waals surface area contributed by atoms with Crippen LogP contribution in [0.15, 0.2) is 18.2 Å². The van der Waals surface area contributed by atoms with Crippen molar-refractivity contribution in [1.29, 1.82) is 0 Å². The van der Waals surface area contributed by atoms with Crippen molar-refractivity contribution in [3.63, 3.8) is 0 Å². The van der Waals surface area contributed by atoms with Gasteiger partial charge in [-0.05, 0) is 61.3 Å². The number of unbranched alkanes of at least 4 members (excludes halogenated alkanes) is 11. The zero-order valence-corrected chi connectivity index (χ0v) is 36.1. The van der Waals surface area contributed by atoms with E-state index in [1.807, 2.05) is 6.07 Å². The van der Waals surface area contributed by atoms with Gasteiger partial charge in [0.2, 0.25) is 0 Å². The van der Waals surface area contributed by atoms with Crippen molar-refractivity contribution >= 4 is 17.9 Å². The molecule has 322 valence electrons. The van der Waals surface area contributed by atoms with E-state index >= 15 is 0 Å². The van der Waals surface area contributed by atoms with E-state index in [9.17, 15) is 19.5 Å². The molecule has 1 rings (SSSR count). The zero-order valence-electron chi connectivity index (χ0n) is 36.1. The third-order valence-corrected chi connectivity index (χ3v) is 9.47. The highest BCUT2D eigenvalue weighted by Crippen LogP contribution is 2.20. The van der Waals surface area contributed by atoms with Crippen molar-refractivity contribution in [2.24, 2.45) is 5.92 Å². The monoisotopic (exact) mass is 797 g/mol. The summed E-state index contributed by atoms with van der Waals surface area (Å²) in [6.07, 6.45) is 19.4. The van der Waals surface area contributed by atoms with E-state index in [0.717, 1.165) is 89.9 Å². The van der Waals surface area contributed by atoms with Crippen LogP contribution in [0.2, 0.25) is 0 Å². The lowest BCUT2D eigenvalue weighted by atomic mass is 9.95. The van der Waals surface area contributed by atoms with Crippen LogP contribution in [-0.4, -0.2) is 49.1 Å². The Kier molecular flexibility index (Phi) is 33.5. The third kappa shape index (κ3) is 29.5. The first-order valence-electron chi connectivity index (χ1n) is 22.2. The molecule has 9 heteroatoms. The van der Waals surface area contributed by atoms with Crippen molar-refractivity contribution in [1.82, 2.24) is 0 Å². The average Bonchev–Trinajstić information content (AvgIpc) is 3.22. The fourth-order valence-electron chi connectivity index (χ4n) is 6.05. The molecule has 0 bridgehead atoms. The average molecular weight is 797 g/mol. The standard InChI is InChI=1S/C48H76O9/c1-5-9-13-16-19-24-32-53-47(54-33-25-20-17-14-10-6-2)31-30-46(51)57-40-43-36-41(38-49)35-42(37-43)39-56-45(50)29-23-18-21-26-34-55-48(52)44(27-12-8-4)28-22-15-11-7-3/h35-37,44,47,49H,5-15,18,21-34,38-40H2,1-4H3. The summed E-state index contributed by atoms with van der Waals surface area (Å²) >= 11 is 0. The maximum atomic E-state index is 12.7. The van der Waals surface area contributed by atoms with Gasteiger partial charge >= 0.3 is 17.9 Å². The number of aliphatic hydroxyl groups excluding tert-OH is 1. The summed E-state index contributed by atoms with van der Waals surface area (Å²) in [5.41, 5.74) is 2.05. The van der Waals surface area contributed by atoms with Crippen molar-refractivity contribution in [3.8, 4) is 23.7 Å². The van der Waals surface area contributed by atoms with Crippen LogP contribution in [0.5, 0.6) is 0 Å². The molecule has 0 aliphatic heterocycles. The smallest absolute Gasteiger partial charge is 0.308 e. The lowest BCUT2D eigenvalue weighted by Gasteiger charge is -2.17. The lowest BCUT2D eigenvalue weighted by Crippen LogP contribution is -2.20. The second kappa shape index (κ2) is 36.9. The van der Waals surface area contributed by atoms with Gasteiger partial charge in [0.05, 0.1) is 38.8 Å². The van der Waals surface area contributed by atoms with Crippen LogP contribution in [0.25, 0.3) is 0 Å². The number of carbonyl (C=O) groups is 3. The zero-order chi connectivity index (χ0) is 41.6. The topological polar surface area (TPSA) is 118 Å². The Labute approximate surface area is 346 Å². The molecule has 1 atom stereocenters. The van der Waals surface area contributed by atoms with Gasteiger partial charge in [0.1, 0.15) is 13.2 Å².